The fourth-order valence-corrected chi connectivity index (χ4v) is 4.34. The van der Waals surface area contributed by atoms with Crippen LogP contribution >= 0.6 is 15.9 Å². The molecule has 0 aliphatic heterocycles. The first-order valence-electron chi connectivity index (χ1n) is 7.13. The van der Waals surface area contributed by atoms with Crippen molar-refractivity contribution < 1.29 is 4.79 Å². The van der Waals surface area contributed by atoms with Gasteiger partial charge in [0.25, 0.3) is 0 Å². The molecular formula is C14H22BrNO. The van der Waals surface area contributed by atoms with Crippen molar-refractivity contribution in [3.05, 3.63) is 0 Å². The number of nitrogens with zero attached hydrogens (tertiary/aromatic N) is 1. The zero-order valence-electron chi connectivity index (χ0n) is 10.4. The van der Waals surface area contributed by atoms with Gasteiger partial charge in [0, 0.05) is 24.3 Å². The summed E-state index contributed by atoms with van der Waals surface area (Å²) in [6, 6.07) is 0.582. The second-order valence-corrected chi connectivity index (χ2v) is 6.94. The zero-order chi connectivity index (χ0) is 11.8. The number of rotatable bonds is 5. The third kappa shape index (κ3) is 2.54. The highest BCUT2D eigenvalue weighted by molar-refractivity contribution is 9.09. The van der Waals surface area contributed by atoms with E-state index < -0.39 is 0 Å². The summed E-state index contributed by atoms with van der Waals surface area (Å²) in [7, 11) is 0. The SMILES string of the molecule is O=C(CC1CC2CCC1C2)N(CCBr)C1CC1. The van der Waals surface area contributed by atoms with E-state index in [1.807, 2.05) is 0 Å². The van der Waals surface area contributed by atoms with Crippen molar-refractivity contribution in [3.63, 3.8) is 0 Å². The van der Waals surface area contributed by atoms with Gasteiger partial charge < -0.3 is 4.90 Å². The number of halogens is 1. The monoisotopic (exact) mass is 299 g/mol. The highest BCUT2D eigenvalue weighted by atomic mass is 79.9. The van der Waals surface area contributed by atoms with Crippen LogP contribution < -0.4 is 0 Å². The summed E-state index contributed by atoms with van der Waals surface area (Å²) in [5.74, 6) is 3.00. The van der Waals surface area contributed by atoms with Gasteiger partial charge in [-0.15, -0.1) is 0 Å². The Kier molecular flexibility index (Phi) is 3.47. The molecule has 3 fully saturated rings. The second-order valence-electron chi connectivity index (χ2n) is 6.15. The summed E-state index contributed by atoms with van der Waals surface area (Å²) in [6.07, 6.45) is 8.88. The number of carbonyl (C=O) groups is 1. The molecule has 0 aromatic carbocycles. The van der Waals surface area contributed by atoms with Crippen LogP contribution in [0, 0.1) is 17.8 Å². The average Bonchev–Trinajstić information content (AvgIpc) is 2.95. The maximum Gasteiger partial charge on any atom is 0.223 e. The summed E-state index contributed by atoms with van der Waals surface area (Å²) in [4.78, 5) is 14.5. The molecule has 0 aromatic rings. The lowest BCUT2D eigenvalue weighted by Crippen LogP contribution is -2.36. The number of fused-ring (bicyclic) bond motifs is 2. The van der Waals surface area contributed by atoms with Crippen molar-refractivity contribution in [2.45, 2.75) is 51.0 Å². The number of alkyl halides is 1. The molecule has 96 valence electrons. The van der Waals surface area contributed by atoms with Crippen LogP contribution in [0.1, 0.15) is 44.9 Å². The Labute approximate surface area is 112 Å². The molecule has 3 saturated carbocycles. The van der Waals surface area contributed by atoms with E-state index in [4.69, 9.17) is 0 Å². The van der Waals surface area contributed by atoms with Crippen molar-refractivity contribution >= 4 is 21.8 Å². The molecule has 0 aromatic heterocycles. The Hall–Kier alpha value is -0.0500. The van der Waals surface area contributed by atoms with E-state index >= 15 is 0 Å². The van der Waals surface area contributed by atoms with Crippen molar-refractivity contribution in [2.24, 2.45) is 17.8 Å². The Morgan fingerprint density at radius 3 is 2.53 bits per heavy atom. The highest BCUT2D eigenvalue weighted by Gasteiger charge is 2.41. The van der Waals surface area contributed by atoms with Crippen LogP contribution in [0.5, 0.6) is 0 Å². The first-order chi connectivity index (χ1) is 8.28. The Morgan fingerprint density at radius 2 is 2.00 bits per heavy atom. The Morgan fingerprint density at radius 1 is 1.18 bits per heavy atom. The molecule has 0 saturated heterocycles. The molecule has 2 bridgehead atoms. The maximum atomic E-state index is 12.4. The van der Waals surface area contributed by atoms with Gasteiger partial charge in [-0.1, -0.05) is 22.4 Å². The summed E-state index contributed by atoms with van der Waals surface area (Å²) in [5, 5.41) is 0.923. The van der Waals surface area contributed by atoms with Crippen molar-refractivity contribution in [3.8, 4) is 0 Å². The van der Waals surface area contributed by atoms with Crippen molar-refractivity contribution in [2.75, 3.05) is 11.9 Å². The van der Waals surface area contributed by atoms with E-state index in [9.17, 15) is 4.79 Å². The van der Waals surface area contributed by atoms with Gasteiger partial charge in [-0.05, 0) is 49.9 Å². The quantitative estimate of drug-likeness (QED) is 0.714. The van der Waals surface area contributed by atoms with Gasteiger partial charge in [0.05, 0.1) is 0 Å². The predicted octanol–water partition coefficient (Wildman–Crippen LogP) is 3.20. The molecule has 0 heterocycles. The van der Waals surface area contributed by atoms with Gasteiger partial charge in [0.1, 0.15) is 0 Å². The van der Waals surface area contributed by atoms with Crippen LogP contribution in [0.4, 0.5) is 0 Å². The fraction of sp³-hybridized carbons (Fsp3) is 0.929. The summed E-state index contributed by atoms with van der Waals surface area (Å²) in [5.41, 5.74) is 0. The molecule has 3 heteroatoms. The third-order valence-corrected chi connectivity index (χ3v) is 5.31. The smallest absolute Gasteiger partial charge is 0.223 e. The largest absolute Gasteiger partial charge is 0.339 e. The molecule has 2 nitrogen and oxygen atoms in total. The maximum absolute atomic E-state index is 12.4. The van der Waals surface area contributed by atoms with Crippen molar-refractivity contribution in [1.29, 1.82) is 0 Å². The molecule has 3 rings (SSSR count). The standard InChI is InChI=1S/C14H22BrNO/c15-5-6-16(13-3-4-13)14(17)9-12-8-10-1-2-11(12)7-10/h10-13H,1-9H2. The number of amides is 1. The second kappa shape index (κ2) is 4.91. The highest BCUT2D eigenvalue weighted by Crippen LogP contribution is 2.49. The average molecular weight is 300 g/mol. The van der Waals surface area contributed by atoms with E-state index in [2.05, 4.69) is 20.8 Å². The summed E-state index contributed by atoms with van der Waals surface area (Å²) in [6.45, 7) is 0.907. The fourth-order valence-electron chi connectivity index (χ4n) is 3.96. The van der Waals surface area contributed by atoms with Crippen LogP contribution in [0.25, 0.3) is 0 Å². The normalized spacial score (nSPS) is 35.2. The van der Waals surface area contributed by atoms with E-state index in [-0.39, 0.29) is 0 Å². The molecular weight excluding hydrogens is 278 g/mol. The van der Waals surface area contributed by atoms with E-state index in [1.165, 1.54) is 38.5 Å². The summed E-state index contributed by atoms with van der Waals surface area (Å²) >= 11 is 3.47. The van der Waals surface area contributed by atoms with Crippen LogP contribution in [-0.2, 0) is 4.79 Å². The lowest BCUT2D eigenvalue weighted by Gasteiger charge is -2.26. The Bertz CT molecular complexity index is 303. The molecule has 17 heavy (non-hydrogen) atoms. The first-order valence-corrected chi connectivity index (χ1v) is 8.25. The van der Waals surface area contributed by atoms with E-state index in [1.54, 1.807) is 0 Å². The van der Waals surface area contributed by atoms with Crippen LogP contribution in [0.2, 0.25) is 0 Å². The van der Waals surface area contributed by atoms with Gasteiger partial charge in [0.2, 0.25) is 5.91 Å². The third-order valence-electron chi connectivity index (χ3n) is 4.95. The van der Waals surface area contributed by atoms with E-state index in [0.717, 1.165) is 36.0 Å². The molecule has 0 radical (unpaired) electrons. The molecule has 1 amide bonds. The lowest BCUT2D eigenvalue weighted by molar-refractivity contribution is -0.132. The van der Waals surface area contributed by atoms with E-state index in [0.29, 0.717) is 11.9 Å². The van der Waals surface area contributed by atoms with Gasteiger partial charge in [0.15, 0.2) is 0 Å². The minimum atomic E-state index is 0.435. The molecule has 3 unspecified atom stereocenters. The number of hydrogen-bond donors (Lipinski definition) is 0. The van der Waals surface area contributed by atoms with Gasteiger partial charge in [-0.3, -0.25) is 4.79 Å². The molecule has 3 aliphatic rings. The lowest BCUT2D eigenvalue weighted by atomic mass is 9.86. The zero-order valence-corrected chi connectivity index (χ0v) is 12.0. The van der Waals surface area contributed by atoms with Gasteiger partial charge in [-0.25, -0.2) is 0 Å². The predicted molar refractivity (Wildman–Crippen MR) is 72.1 cm³/mol. The van der Waals surface area contributed by atoms with Crippen molar-refractivity contribution in [1.82, 2.24) is 4.90 Å². The number of carbonyl (C=O) groups excluding carboxylic acids is 1. The Balaban J connectivity index is 1.54. The van der Waals surface area contributed by atoms with Crippen LogP contribution in [0.15, 0.2) is 0 Å². The summed E-state index contributed by atoms with van der Waals surface area (Å²) < 4.78 is 0. The van der Waals surface area contributed by atoms with Gasteiger partial charge in [-0.2, -0.15) is 0 Å². The first kappa shape index (κ1) is 12.0. The molecule has 0 spiro atoms. The van der Waals surface area contributed by atoms with Gasteiger partial charge >= 0.3 is 0 Å². The minimum absolute atomic E-state index is 0.435. The molecule has 3 atom stereocenters. The minimum Gasteiger partial charge on any atom is -0.339 e. The van der Waals surface area contributed by atoms with Crippen LogP contribution in [-0.4, -0.2) is 28.7 Å². The molecule has 3 aliphatic carbocycles. The molecule has 0 N–H and O–H groups in total. The number of hydrogen-bond acceptors (Lipinski definition) is 1. The topological polar surface area (TPSA) is 20.3 Å². The van der Waals surface area contributed by atoms with Crippen LogP contribution in [0.3, 0.4) is 0 Å².